The number of rotatable bonds is 6. The van der Waals surface area contributed by atoms with Gasteiger partial charge in [-0.15, -0.1) is 0 Å². The molecule has 0 saturated carbocycles. The van der Waals surface area contributed by atoms with Gasteiger partial charge < -0.3 is 20.5 Å². The highest BCUT2D eigenvalue weighted by Gasteiger charge is 2.30. The molecule has 1 aliphatic heterocycles. The van der Waals surface area contributed by atoms with Crippen molar-refractivity contribution in [3.05, 3.63) is 58.6 Å². The smallest absolute Gasteiger partial charge is 0.253 e. The van der Waals surface area contributed by atoms with Crippen LogP contribution in [0.4, 0.5) is 5.69 Å². The van der Waals surface area contributed by atoms with Crippen LogP contribution in [0.1, 0.15) is 24.0 Å². The third-order valence-corrected chi connectivity index (χ3v) is 4.65. The minimum Gasteiger partial charge on any atom is -0.489 e. The molecule has 0 aliphatic carbocycles. The lowest BCUT2D eigenvalue weighted by Crippen LogP contribution is -2.30. The molecule has 0 unspecified atom stereocenters. The standard InChI is InChI=1S/C20H23ClN2O3/c1-13-9-16(25-12-14-3-2-4-15(21)10-14)5-7-18(13)23-20(24)19-8-6-17(11-22)26-19/h2-5,7,9-10,17,19H,6,8,11-12,22H2,1H3,(H,23,24)/t17-,19+/m1/s1. The minimum absolute atomic E-state index is 0.0193. The molecule has 26 heavy (non-hydrogen) atoms. The normalized spacial score (nSPS) is 19.3. The van der Waals surface area contributed by atoms with Gasteiger partial charge in [-0.2, -0.15) is 0 Å². The zero-order valence-corrected chi connectivity index (χ0v) is 15.5. The van der Waals surface area contributed by atoms with Gasteiger partial charge in [0.2, 0.25) is 0 Å². The molecule has 2 aromatic rings. The zero-order valence-electron chi connectivity index (χ0n) is 14.7. The van der Waals surface area contributed by atoms with Gasteiger partial charge in [-0.3, -0.25) is 4.79 Å². The fraction of sp³-hybridized carbons (Fsp3) is 0.350. The maximum atomic E-state index is 12.3. The van der Waals surface area contributed by atoms with Gasteiger partial charge in [0.15, 0.2) is 0 Å². The molecule has 1 aliphatic rings. The Bertz CT molecular complexity index is 781. The predicted molar refractivity (Wildman–Crippen MR) is 103 cm³/mol. The van der Waals surface area contributed by atoms with E-state index in [0.717, 1.165) is 29.0 Å². The van der Waals surface area contributed by atoms with Crippen molar-refractivity contribution in [3.63, 3.8) is 0 Å². The number of anilines is 1. The maximum absolute atomic E-state index is 12.3. The van der Waals surface area contributed by atoms with E-state index >= 15 is 0 Å². The van der Waals surface area contributed by atoms with Crippen LogP contribution in [-0.4, -0.2) is 24.7 Å². The Balaban J connectivity index is 1.58. The number of aryl methyl sites for hydroxylation is 1. The van der Waals surface area contributed by atoms with Gasteiger partial charge in [-0.1, -0.05) is 23.7 Å². The van der Waals surface area contributed by atoms with Crippen LogP contribution >= 0.6 is 11.6 Å². The van der Waals surface area contributed by atoms with Crippen molar-refractivity contribution in [2.24, 2.45) is 5.73 Å². The Morgan fingerprint density at radius 3 is 2.85 bits per heavy atom. The number of nitrogens with two attached hydrogens (primary N) is 1. The summed E-state index contributed by atoms with van der Waals surface area (Å²) < 4.78 is 11.4. The largest absolute Gasteiger partial charge is 0.489 e. The number of carbonyl (C=O) groups is 1. The number of amides is 1. The van der Waals surface area contributed by atoms with Crippen LogP contribution in [0, 0.1) is 6.92 Å². The van der Waals surface area contributed by atoms with E-state index in [1.165, 1.54) is 0 Å². The van der Waals surface area contributed by atoms with Crippen molar-refractivity contribution in [1.29, 1.82) is 0 Å². The summed E-state index contributed by atoms with van der Waals surface area (Å²) in [6.45, 7) is 2.81. The van der Waals surface area contributed by atoms with Gasteiger partial charge in [-0.05, 0) is 61.2 Å². The third-order valence-electron chi connectivity index (χ3n) is 4.41. The number of hydrogen-bond acceptors (Lipinski definition) is 4. The molecule has 1 amide bonds. The van der Waals surface area contributed by atoms with Crippen molar-refractivity contribution >= 4 is 23.2 Å². The van der Waals surface area contributed by atoms with Crippen LogP contribution in [0.3, 0.4) is 0 Å². The van der Waals surface area contributed by atoms with Crippen molar-refractivity contribution in [2.75, 3.05) is 11.9 Å². The van der Waals surface area contributed by atoms with Crippen molar-refractivity contribution in [2.45, 2.75) is 38.6 Å². The first-order valence-corrected chi connectivity index (χ1v) is 9.07. The Hall–Kier alpha value is -2.08. The number of nitrogens with one attached hydrogen (secondary N) is 1. The third kappa shape index (κ3) is 4.75. The van der Waals surface area contributed by atoms with E-state index in [1.807, 2.05) is 49.4 Å². The Kier molecular flexibility index (Phi) is 6.14. The van der Waals surface area contributed by atoms with Gasteiger partial charge in [0.05, 0.1) is 6.10 Å². The molecule has 2 atom stereocenters. The quantitative estimate of drug-likeness (QED) is 0.809. The average Bonchev–Trinajstić information content (AvgIpc) is 3.11. The van der Waals surface area contributed by atoms with Crippen LogP contribution in [0.2, 0.25) is 5.02 Å². The number of ether oxygens (including phenoxy) is 2. The summed E-state index contributed by atoms with van der Waals surface area (Å²) in [5.74, 6) is 0.609. The van der Waals surface area contributed by atoms with Crippen molar-refractivity contribution < 1.29 is 14.3 Å². The molecule has 0 spiro atoms. The molecule has 6 heteroatoms. The molecular weight excluding hydrogens is 352 g/mol. The second kappa shape index (κ2) is 8.54. The number of hydrogen-bond donors (Lipinski definition) is 2. The second-order valence-corrected chi connectivity index (χ2v) is 6.88. The molecule has 5 nitrogen and oxygen atoms in total. The summed E-state index contributed by atoms with van der Waals surface area (Å²) in [6.07, 6.45) is 1.08. The van der Waals surface area contributed by atoms with Crippen molar-refractivity contribution in [3.8, 4) is 5.75 Å². The fourth-order valence-corrected chi connectivity index (χ4v) is 3.16. The van der Waals surface area contributed by atoms with Gasteiger partial charge >= 0.3 is 0 Å². The Labute approximate surface area is 158 Å². The first-order chi connectivity index (χ1) is 12.5. The van der Waals surface area contributed by atoms with Gasteiger partial charge in [-0.25, -0.2) is 0 Å². The molecular formula is C20H23ClN2O3. The number of benzene rings is 2. The SMILES string of the molecule is Cc1cc(OCc2cccc(Cl)c2)ccc1NC(=O)[C@@H]1CC[C@H](CN)O1. The molecule has 138 valence electrons. The molecule has 2 aromatic carbocycles. The summed E-state index contributed by atoms with van der Waals surface area (Å²) in [7, 11) is 0. The van der Waals surface area contributed by atoms with E-state index in [-0.39, 0.29) is 12.0 Å². The monoisotopic (exact) mass is 374 g/mol. The lowest BCUT2D eigenvalue weighted by Gasteiger charge is -2.15. The molecule has 3 N–H and O–H groups in total. The first kappa shape index (κ1) is 18.7. The Morgan fingerprint density at radius 2 is 2.15 bits per heavy atom. The topological polar surface area (TPSA) is 73.6 Å². The molecule has 3 rings (SSSR count). The van der Waals surface area contributed by atoms with Crippen LogP contribution in [0.25, 0.3) is 0 Å². The highest BCUT2D eigenvalue weighted by atomic mass is 35.5. The first-order valence-electron chi connectivity index (χ1n) is 8.69. The lowest BCUT2D eigenvalue weighted by atomic mass is 10.1. The van der Waals surface area contributed by atoms with Gasteiger partial charge in [0, 0.05) is 17.3 Å². The van der Waals surface area contributed by atoms with Crippen LogP contribution in [0.15, 0.2) is 42.5 Å². The van der Waals surface area contributed by atoms with E-state index in [1.54, 1.807) is 0 Å². The summed E-state index contributed by atoms with van der Waals surface area (Å²) in [5.41, 5.74) is 8.27. The molecule has 0 aromatic heterocycles. The highest BCUT2D eigenvalue weighted by Crippen LogP contribution is 2.25. The van der Waals surface area contributed by atoms with E-state index < -0.39 is 6.10 Å². The predicted octanol–water partition coefficient (Wildman–Crippen LogP) is 3.67. The Morgan fingerprint density at radius 1 is 1.31 bits per heavy atom. The summed E-state index contributed by atoms with van der Waals surface area (Å²) in [4.78, 5) is 12.3. The number of carbonyl (C=O) groups excluding carboxylic acids is 1. The molecule has 0 bridgehead atoms. The van der Waals surface area contributed by atoms with E-state index in [2.05, 4.69) is 5.32 Å². The molecule has 1 heterocycles. The van der Waals surface area contributed by atoms with Gasteiger partial charge in [0.25, 0.3) is 5.91 Å². The second-order valence-electron chi connectivity index (χ2n) is 6.44. The summed E-state index contributed by atoms with van der Waals surface area (Å²) in [6, 6.07) is 13.1. The summed E-state index contributed by atoms with van der Waals surface area (Å²) in [5, 5.41) is 3.61. The maximum Gasteiger partial charge on any atom is 0.253 e. The highest BCUT2D eigenvalue weighted by molar-refractivity contribution is 6.30. The average molecular weight is 375 g/mol. The van der Waals surface area contributed by atoms with E-state index in [9.17, 15) is 4.79 Å². The van der Waals surface area contributed by atoms with E-state index in [0.29, 0.717) is 24.6 Å². The zero-order chi connectivity index (χ0) is 18.5. The van der Waals surface area contributed by atoms with Crippen LogP contribution in [0.5, 0.6) is 5.75 Å². The van der Waals surface area contributed by atoms with Crippen molar-refractivity contribution in [1.82, 2.24) is 0 Å². The molecule has 1 saturated heterocycles. The number of halogens is 1. The van der Waals surface area contributed by atoms with Crippen LogP contribution in [-0.2, 0) is 16.1 Å². The molecule has 1 fully saturated rings. The van der Waals surface area contributed by atoms with Crippen LogP contribution < -0.4 is 15.8 Å². The van der Waals surface area contributed by atoms with Gasteiger partial charge in [0.1, 0.15) is 18.5 Å². The van der Waals surface area contributed by atoms with E-state index in [4.69, 9.17) is 26.8 Å². The molecule has 0 radical (unpaired) electrons. The minimum atomic E-state index is -0.429. The lowest BCUT2D eigenvalue weighted by molar-refractivity contribution is -0.126. The fourth-order valence-electron chi connectivity index (χ4n) is 2.94. The summed E-state index contributed by atoms with van der Waals surface area (Å²) >= 11 is 5.98.